The Morgan fingerprint density at radius 1 is 1.29 bits per heavy atom. The molecule has 0 aliphatic carbocycles. The molecule has 0 aliphatic rings. The van der Waals surface area contributed by atoms with Crippen molar-refractivity contribution in [3.63, 3.8) is 0 Å². The summed E-state index contributed by atoms with van der Waals surface area (Å²) in [6.45, 7) is 1.94. The van der Waals surface area contributed by atoms with E-state index in [1.165, 1.54) is 0 Å². The van der Waals surface area contributed by atoms with Crippen molar-refractivity contribution in [2.45, 2.75) is 13.0 Å². The number of fused-ring (bicyclic) bond motifs is 1. The number of methoxy groups -OCH3 is 1. The van der Waals surface area contributed by atoms with Gasteiger partial charge in [0.25, 0.3) is 0 Å². The van der Waals surface area contributed by atoms with Gasteiger partial charge in [-0.1, -0.05) is 17.3 Å². The molecule has 0 unspecified atom stereocenters. The lowest BCUT2D eigenvalue weighted by atomic mass is 10.3. The summed E-state index contributed by atoms with van der Waals surface area (Å²) in [6, 6.07) is 7.90. The number of imidazole rings is 1. The summed E-state index contributed by atoms with van der Waals surface area (Å²) in [5, 5.41) is 7.12. The van der Waals surface area contributed by atoms with Gasteiger partial charge in [-0.15, -0.1) is 0 Å². The maximum Gasteiger partial charge on any atom is 0.240 e. The van der Waals surface area contributed by atoms with Crippen molar-refractivity contribution in [1.82, 2.24) is 25.4 Å². The Kier molecular flexibility index (Phi) is 4.23. The average Bonchev–Trinajstić information content (AvgIpc) is 3.10. The fourth-order valence-electron chi connectivity index (χ4n) is 2.04. The largest absolute Gasteiger partial charge is 0.383 e. The summed E-state index contributed by atoms with van der Waals surface area (Å²) < 4.78 is 10.1. The second-order valence-corrected chi connectivity index (χ2v) is 4.65. The molecule has 0 saturated carbocycles. The summed E-state index contributed by atoms with van der Waals surface area (Å²) in [4.78, 5) is 12.1. The van der Waals surface area contributed by atoms with E-state index in [4.69, 9.17) is 9.26 Å². The third-order valence-corrected chi connectivity index (χ3v) is 3.03. The average molecular weight is 287 g/mol. The third-order valence-electron chi connectivity index (χ3n) is 3.03. The van der Waals surface area contributed by atoms with Crippen molar-refractivity contribution in [1.29, 1.82) is 0 Å². The summed E-state index contributed by atoms with van der Waals surface area (Å²) in [7, 11) is 1.67. The van der Waals surface area contributed by atoms with Crippen molar-refractivity contribution in [3.8, 4) is 0 Å². The Morgan fingerprint density at radius 2 is 2.19 bits per heavy atom. The van der Waals surface area contributed by atoms with Crippen molar-refractivity contribution < 1.29 is 9.26 Å². The fourth-order valence-corrected chi connectivity index (χ4v) is 2.04. The lowest BCUT2D eigenvalue weighted by Gasteiger charge is -1.98. The number of nitrogens with one attached hydrogen (secondary N) is 2. The normalized spacial score (nSPS) is 11.3. The molecular formula is C14H17N5O2. The molecule has 7 heteroatoms. The highest BCUT2D eigenvalue weighted by molar-refractivity contribution is 5.74. The van der Waals surface area contributed by atoms with E-state index in [0.717, 1.165) is 23.4 Å². The Morgan fingerprint density at radius 3 is 3.05 bits per heavy atom. The number of ether oxygens (including phenoxy) is 1. The molecule has 0 saturated heterocycles. The van der Waals surface area contributed by atoms with Gasteiger partial charge in [0.05, 0.1) is 30.6 Å². The zero-order valence-electron chi connectivity index (χ0n) is 11.8. The van der Waals surface area contributed by atoms with Gasteiger partial charge in [0.2, 0.25) is 5.89 Å². The molecule has 0 bridgehead atoms. The molecule has 2 N–H and O–H groups in total. The molecule has 0 spiro atoms. The molecule has 7 nitrogen and oxygen atoms in total. The summed E-state index contributed by atoms with van der Waals surface area (Å²) in [5.41, 5.74) is 1.95. The molecule has 0 aliphatic heterocycles. The Bertz CT molecular complexity index is 673. The highest BCUT2D eigenvalue weighted by atomic mass is 16.5. The Balaban J connectivity index is 1.61. The minimum absolute atomic E-state index is 0.524. The Hall–Kier alpha value is -2.25. The lowest BCUT2D eigenvalue weighted by Crippen LogP contribution is -2.18. The van der Waals surface area contributed by atoms with Crippen LogP contribution in [0.2, 0.25) is 0 Å². The van der Waals surface area contributed by atoms with Gasteiger partial charge in [-0.3, -0.25) is 0 Å². The van der Waals surface area contributed by atoms with Gasteiger partial charge in [0.15, 0.2) is 5.82 Å². The van der Waals surface area contributed by atoms with E-state index < -0.39 is 0 Å². The smallest absolute Gasteiger partial charge is 0.240 e. The number of rotatable bonds is 7. The maximum atomic E-state index is 5.19. The lowest BCUT2D eigenvalue weighted by molar-refractivity contribution is 0.197. The molecule has 21 heavy (non-hydrogen) atoms. The first-order valence-electron chi connectivity index (χ1n) is 6.80. The first-order valence-corrected chi connectivity index (χ1v) is 6.80. The summed E-state index contributed by atoms with van der Waals surface area (Å²) in [5.74, 6) is 2.02. The van der Waals surface area contributed by atoms with Crippen LogP contribution in [0.15, 0.2) is 28.8 Å². The quantitative estimate of drug-likeness (QED) is 0.636. The molecule has 110 valence electrons. The van der Waals surface area contributed by atoms with Gasteiger partial charge in [-0.2, -0.15) is 4.98 Å². The zero-order valence-corrected chi connectivity index (χ0v) is 11.8. The first kappa shape index (κ1) is 13.7. The predicted molar refractivity (Wildman–Crippen MR) is 76.8 cm³/mol. The fraction of sp³-hybridized carbons (Fsp3) is 0.357. The molecule has 0 fully saturated rings. The number of para-hydroxylation sites is 2. The molecule has 2 aromatic heterocycles. The van der Waals surface area contributed by atoms with E-state index in [2.05, 4.69) is 25.4 Å². The minimum atomic E-state index is 0.524. The highest BCUT2D eigenvalue weighted by Crippen LogP contribution is 2.12. The predicted octanol–water partition coefficient (Wildman–Crippen LogP) is 1.27. The maximum absolute atomic E-state index is 5.19. The van der Waals surface area contributed by atoms with Gasteiger partial charge in [-0.25, -0.2) is 4.98 Å². The van der Waals surface area contributed by atoms with Crippen molar-refractivity contribution in [2.75, 3.05) is 20.3 Å². The van der Waals surface area contributed by atoms with Crippen LogP contribution in [0.1, 0.15) is 17.5 Å². The number of aromatic nitrogens is 4. The summed E-state index contributed by atoms with van der Waals surface area (Å²) >= 11 is 0. The number of H-pyrrole nitrogens is 1. The second kappa shape index (κ2) is 6.47. The Labute approximate surface area is 121 Å². The number of nitrogens with zero attached hydrogens (tertiary/aromatic N) is 3. The van der Waals surface area contributed by atoms with Crippen molar-refractivity contribution in [2.24, 2.45) is 0 Å². The second-order valence-electron chi connectivity index (χ2n) is 4.65. The van der Waals surface area contributed by atoms with E-state index >= 15 is 0 Å². The molecule has 2 heterocycles. The molecular weight excluding hydrogens is 270 g/mol. The number of benzene rings is 1. The van der Waals surface area contributed by atoms with Crippen LogP contribution in [-0.4, -0.2) is 40.4 Å². The van der Waals surface area contributed by atoms with Crippen LogP contribution in [0, 0.1) is 0 Å². The molecule has 0 amide bonds. The third kappa shape index (κ3) is 3.45. The van der Waals surface area contributed by atoms with Gasteiger partial charge in [0.1, 0.15) is 5.82 Å². The zero-order chi connectivity index (χ0) is 14.5. The van der Waals surface area contributed by atoms with Crippen LogP contribution < -0.4 is 5.32 Å². The van der Waals surface area contributed by atoms with Crippen LogP contribution in [0.4, 0.5) is 0 Å². The van der Waals surface area contributed by atoms with Gasteiger partial charge >= 0.3 is 0 Å². The van der Waals surface area contributed by atoms with Crippen molar-refractivity contribution in [3.05, 3.63) is 41.8 Å². The number of hydrogen-bond donors (Lipinski definition) is 2. The molecule has 0 atom stereocenters. The van der Waals surface area contributed by atoms with Gasteiger partial charge in [0, 0.05) is 13.7 Å². The van der Waals surface area contributed by atoms with E-state index in [1.54, 1.807) is 7.11 Å². The van der Waals surface area contributed by atoms with Crippen LogP contribution in [-0.2, 0) is 17.7 Å². The number of hydrogen-bond acceptors (Lipinski definition) is 6. The topological polar surface area (TPSA) is 88.9 Å². The van der Waals surface area contributed by atoms with Crippen LogP contribution in [0.5, 0.6) is 0 Å². The van der Waals surface area contributed by atoms with Crippen molar-refractivity contribution >= 4 is 11.0 Å². The SMILES string of the molecule is COCCNCc1nc(Cc2nc3ccccc3[nH]2)no1. The van der Waals surface area contributed by atoms with Gasteiger partial charge < -0.3 is 19.6 Å². The summed E-state index contributed by atoms with van der Waals surface area (Å²) in [6.07, 6.45) is 0.524. The monoisotopic (exact) mass is 287 g/mol. The van der Waals surface area contributed by atoms with E-state index in [9.17, 15) is 0 Å². The van der Waals surface area contributed by atoms with Gasteiger partial charge in [-0.05, 0) is 12.1 Å². The van der Waals surface area contributed by atoms with Crippen LogP contribution in [0.25, 0.3) is 11.0 Å². The molecule has 3 aromatic rings. The highest BCUT2D eigenvalue weighted by Gasteiger charge is 2.09. The van der Waals surface area contributed by atoms with E-state index in [1.807, 2.05) is 24.3 Å². The standard InChI is InChI=1S/C14H17N5O2/c1-20-7-6-15-9-14-18-13(19-21-14)8-12-16-10-4-2-3-5-11(10)17-12/h2-5,15H,6-9H2,1H3,(H,16,17). The molecule has 0 radical (unpaired) electrons. The molecule has 3 rings (SSSR count). The van der Waals surface area contributed by atoms with E-state index in [0.29, 0.717) is 31.3 Å². The number of aromatic amines is 1. The van der Waals surface area contributed by atoms with Crippen LogP contribution in [0.3, 0.4) is 0 Å². The minimum Gasteiger partial charge on any atom is -0.383 e. The van der Waals surface area contributed by atoms with Crippen LogP contribution >= 0.6 is 0 Å². The first-order chi connectivity index (χ1) is 10.3. The molecule has 1 aromatic carbocycles. The van der Waals surface area contributed by atoms with E-state index in [-0.39, 0.29) is 0 Å².